The molecule has 3 aromatic carbocycles. The highest BCUT2D eigenvalue weighted by Crippen LogP contribution is 2.38. The van der Waals surface area contributed by atoms with Crippen LogP contribution >= 0.6 is 0 Å². The van der Waals surface area contributed by atoms with E-state index in [1.54, 1.807) is 0 Å². The molecule has 4 rings (SSSR count). The van der Waals surface area contributed by atoms with Crippen LogP contribution in [0, 0.1) is 0 Å². The average molecular weight is 361 g/mol. The minimum absolute atomic E-state index is 0.112. The number of rotatable bonds is 4. The van der Waals surface area contributed by atoms with Crippen LogP contribution in [0.5, 0.6) is 0 Å². The molecule has 0 bridgehead atoms. The maximum Gasteiger partial charge on any atom is 0.227 e. The lowest BCUT2D eigenvalue weighted by Crippen LogP contribution is -2.57. The molecule has 1 aliphatic heterocycles. The van der Waals surface area contributed by atoms with E-state index in [1.807, 2.05) is 0 Å². The molecular formula is C24H28OSi. The molecule has 2 atom stereocenters. The third kappa shape index (κ3) is 2.91. The van der Waals surface area contributed by atoms with Crippen LogP contribution < -0.4 is 5.19 Å². The van der Waals surface area contributed by atoms with Crippen molar-refractivity contribution < 1.29 is 4.43 Å². The molecule has 2 heteroatoms. The highest BCUT2D eigenvalue weighted by Gasteiger charge is 2.45. The Morgan fingerprint density at radius 1 is 0.846 bits per heavy atom. The minimum atomic E-state index is -2.01. The molecule has 1 heterocycles. The Kier molecular flexibility index (Phi) is 4.72. The van der Waals surface area contributed by atoms with E-state index in [9.17, 15) is 0 Å². The number of benzene rings is 3. The summed E-state index contributed by atoms with van der Waals surface area (Å²) in [4.78, 5) is 0. The summed E-state index contributed by atoms with van der Waals surface area (Å²) < 4.78 is 7.10. The van der Waals surface area contributed by atoms with Crippen molar-refractivity contribution in [3.63, 3.8) is 0 Å². The maximum atomic E-state index is 7.10. The lowest BCUT2D eigenvalue weighted by Gasteiger charge is -2.42. The molecule has 0 fully saturated rings. The monoisotopic (exact) mass is 360 g/mol. The first kappa shape index (κ1) is 17.5. The van der Waals surface area contributed by atoms with E-state index in [2.05, 4.69) is 87.5 Å². The smallest absolute Gasteiger partial charge is 0.227 e. The molecular weight excluding hydrogens is 332 g/mol. The summed E-state index contributed by atoms with van der Waals surface area (Å²) in [5.74, 6) is 0. The molecule has 0 saturated carbocycles. The fourth-order valence-electron chi connectivity index (χ4n) is 4.67. The van der Waals surface area contributed by atoms with E-state index in [0.29, 0.717) is 5.54 Å². The summed E-state index contributed by atoms with van der Waals surface area (Å²) >= 11 is 0. The minimum Gasteiger partial charge on any atom is -0.405 e. The van der Waals surface area contributed by atoms with Gasteiger partial charge in [-0.15, -0.1) is 0 Å². The predicted molar refractivity (Wildman–Crippen MR) is 114 cm³/mol. The summed E-state index contributed by atoms with van der Waals surface area (Å²) in [7, 11) is -2.01. The number of aryl methyl sites for hydroxylation is 1. The number of hydrogen-bond acceptors (Lipinski definition) is 1. The van der Waals surface area contributed by atoms with Gasteiger partial charge >= 0.3 is 0 Å². The van der Waals surface area contributed by atoms with Gasteiger partial charge in [0, 0.05) is 0 Å². The molecule has 26 heavy (non-hydrogen) atoms. The van der Waals surface area contributed by atoms with Crippen LogP contribution in [0.1, 0.15) is 44.4 Å². The van der Waals surface area contributed by atoms with Crippen LogP contribution in [0.2, 0.25) is 11.6 Å². The molecule has 1 aliphatic rings. The zero-order chi connectivity index (χ0) is 18.1. The first-order valence-corrected chi connectivity index (χ1v) is 12.0. The van der Waals surface area contributed by atoms with Gasteiger partial charge in [-0.2, -0.15) is 0 Å². The molecule has 0 aliphatic carbocycles. The Hall–Kier alpha value is -1.90. The molecule has 0 amide bonds. The van der Waals surface area contributed by atoms with E-state index in [0.717, 1.165) is 0 Å². The summed E-state index contributed by atoms with van der Waals surface area (Å²) in [6, 6.07) is 25.5. The van der Waals surface area contributed by atoms with Crippen LogP contribution in [0.4, 0.5) is 0 Å². The van der Waals surface area contributed by atoms with Gasteiger partial charge in [-0.25, -0.2) is 0 Å². The van der Waals surface area contributed by atoms with Gasteiger partial charge in [0.25, 0.3) is 0 Å². The van der Waals surface area contributed by atoms with Crippen LogP contribution in [-0.2, 0) is 10.8 Å². The third-order valence-electron chi connectivity index (χ3n) is 6.05. The highest BCUT2D eigenvalue weighted by molar-refractivity contribution is 6.88. The second kappa shape index (κ2) is 7.01. The van der Waals surface area contributed by atoms with Crippen LogP contribution in [0.15, 0.2) is 66.7 Å². The number of hydrogen-bond donors (Lipinski definition) is 0. The molecule has 0 spiro atoms. The fraction of sp³-hybridized carbons (Fsp3) is 0.333. The van der Waals surface area contributed by atoms with Crippen molar-refractivity contribution in [1.82, 2.24) is 0 Å². The zero-order valence-electron chi connectivity index (χ0n) is 16.0. The van der Waals surface area contributed by atoms with E-state index < -0.39 is 8.32 Å². The van der Waals surface area contributed by atoms with Gasteiger partial charge in [-0.3, -0.25) is 0 Å². The highest BCUT2D eigenvalue weighted by atomic mass is 28.4. The van der Waals surface area contributed by atoms with Crippen LogP contribution in [0.25, 0.3) is 10.8 Å². The van der Waals surface area contributed by atoms with Crippen molar-refractivity contribution in [2.75, 3.05) is 0 Å². The molecule has 134 valence electrons. The molecule has 0 N–H and O–H groups in total. The number of fused-ring (bicyclic) bond motifs is 2. The van der Waals surface area contributed by atoms with Crippen LogP contribution in [-0.4, -0.2) is 8.32 Å². The Labute approximate surface area is 158 Å². The van der Waals surface area contributed by atoms with E-state index >= 15 is 0 Å². The molecule has 1 nitrogen and oxygen atoms in total. The summed E-state index contributed by atoms with van der Waals surface area (Å²) in [6.07, 6.45) is 2.56. The second-order valence-electron chi connectivity index (χ2n) is 7.88. The van der Waals surface area contributed by atoms with Gasteiger partial charge in [-0.1, -0.05) is 80.6 Å². The second-order valence-corrected chi connectivity index (χ2v) is 12.1. The first-order chi connectivity index (χ1) is 12.6. The lowest BCUT2D eigenvalue weighted by molar-refractivity contribution is 0.211. The van der Waals surface area contributed by atoms with Crippen molar-refractivity contribution in [2.45, 2.75) is 51.3 Å². The van der Waals surface area contributed by atoms with Crippen molar-refractivity contribution >= 4 is 24.3 Å². The van der Waals surface area contributed by atoms with Gasteiger partial charge in [0.1, 0.15) is 0 Å². The van der Waals surface area contributed by atoms with Crippen molar-refractivity contribution in [1.29, 1.82) is 0 Å². The Bertz CT molecular complexity index is 911. The van der Waals surface area contributed by atoms with Gasteiger partial charge < -0.3 is 4.43 Å². The van der Waals surface area contributed by atoms with Gasteiger partial charge in [-0.05, 0) is 58.4 Å². The maximum absolute atomic E-state index is 7.10. The van der Waals surface area contributed by atoms with E-state index in [1.165, 1.54) is 46.0 Å². The summed E-state index contributed by atoms with van der Waals surface area (Å²) in [5, 5.41) is 4.15. The predicted octanol–water partition coefficient (Wildman–Crippen LogP) is 6.13. The van der Waals surface area contributed by atoms with E-state index in [-0.39, 0.29) is 6.10 Å². The van der Waals surface area contributed by atoms with Crippen LogP contribution in [0.3, 0.4) is 0 Å². The average Bonchev–Trinajstić information content (AvgIpc) is 2.67. The summed E-state index contributed by atoms with van der Waals surface area (Å²) in [5.41, 5.74) is 3.41. The standard InChI is InChI=1S/C24H28OSi/c1-18(2)26(17-9-13-21-11-5-7-16-24(21)26)25-19(3)22-15-8-12-20-10-4-6-14-23(20)22/h4-8,10-12,14-16,18-19H,9,13,17H2,1-3H3/t19-,26-/m1/s1. The Morgan fingerprint density at radius 3 is 2.42 bits per heavy atom. The van der Waals surface area contributed by atoms with Crippen molar-refractivity contribution in [3.05, 3.63) is 77.9 Å². The van der Waals surface area contributed by atoms with Gasteiger partial charge in [0.05, 0.1) is 6.10 Å². The zero-order valence-corrected chi connectivity index (χ0v) is 17.0. The Balaban J connectivity index is 1.76. The molecule has 3 aromatic rings. The van der Waals surface area contributed by atoms with Crippen molar-refractivity contribution in [3.8, 4) is 0 Å². The SMILES string of the molecule is CC(C)[Si@]1(O[C@H](C)c2cccc3ccccc23)CCCc2ccccc21. The van der Waals surface area contributed by atoms with Gasteiger partial charge in [0.2, 0.25) is 8.32 Å². The summed E-state index contributed by atoms with van der Waals surface area (Å²) in [6.45, 7) is 6.98. The lowest BCUT2D eigenvalue weighted by atomic mass is 10.0. The molecule has 0 unspecified atom stereocenters. The molecule has 0 saturated heterocycles. The fourth-order valence-corrected chi connectivity index (χ4v) is 9.25. The largest absolute Gasteiger partial charge is 0.405 e. The van der Waals surface area contributed by atoms with Crippen molar-refractivity contribution in [2.24, 2.45) is 0 Å². The topological polar surface area (TPSA) is 9.23 Å². The molecule has 0 radical (unpaired) electrons. The van der Waals surface area contributed by atoms with E-state index in [4.69, 9.17) is 4.43 Å². The Morgan fingerprint density at radius 2 is 1.58 bits per heavy atom. The molecule has 0 aromatic heterocycles. The quantitative estimate of drug-likeness (QED) is 0.509. The third-order valence-corrected chi connectivity index (χ3v) is 11.2. The first-order valence-electron chi connectivity index (χ1n) is 9.86. The van der Waals surface area contributed by atoms with Gasteiger partial charge in [0.15, 0.2) is 0 Å². The normalized spacial score (nSPS) is 20.9.